The molecule has 1 rings (SSSR count). The summed E-state index contributed by atoms with van der Waals surface area (Å²) in [4.78, 5) is 4.47. The third kappa shape index (κ3) is 7.86. The fourth-order valence-electron chi connectivity index (χ4n) is 3.52. The van der Waals surface area contributed by atoms with Gasteiger partial charge in [0.25, 0.3) is 0 Å². The molecule has 0 atom stereocenters. The van der Waals surface area contributed by atoms with Crippen molar-refractivity contribution in [2.24, 2.45) is 10.9 Å². The highest BCUT2D eigenvalue weighted by Crippen LogP contribution is 2.30. The van der Waals surface area contributed by atoms with E-state index in [2.05, 4.69) is 56.3 Å². The van der Waals surface area contributed by atoms with Gasteiger partial charge >= 0.3 is 0 Å². The molecule has 0 fully saturated rings. The van der Waals surface area contributed by atoms with Gasteiger partial charge in [0.05, 0.1) is 5.71 Å². The van der Waals surface area contributed by atoms with E-state index >= 15 is 0 Å². The highest BCUT2D eigenvalue weighted by Gasteiger charge is 2.18. The molecule has 138 valence electrons. The van der Waals surface area contributed by atoms with Gasteiger partial charge in [0.2, 0.25) is 0 Å². The minimum Gasteiger partial charge on any atom is -0.257 e. The minimum absolute atomic E-state index is 0.590. The van der Waals surface area contributed by atoms with Crippen molar-refractivity contribution in [3.63, 3.8) is 0 Å². The maximum absolute atomic E-state index is 4.47. The Morgan fingerprint density at radius 3 is 2.04 bits per heavy atom. The Kier molecular flexibility index (Phi) is 11.7. The maximum atomic E-state index is 4.47. The molecule has 0 saturated carbocycles. The molecule has 0 aromatic rings. The van der Waals surface area contributed by atoms with Crippen molar-refractivity contribution < 1.29 is 0 Å². The van der Waals surface area contributed by atoms with E-state index in [1.165, 1.54) is 75.4 Å². The molecule has 1 nitrogen and oxygen atoms in total. The molecule has 0 amide bonds. The second-order valence-electron chi connectivity index (χ2n) is 6.88. The highest BCUT2D eigenvalue weighted by molar-refractivity contribution is 6.12. The predicted molar refractivity (Wildman–Crippen MR) is 114 cm³/mol. The molecule has 1 aliphatic carbocycles. The molecule has 0 saturated heterocycles. The molecule has 0 aliphatic heterocycles. The molecule has 0 radical (unpaired) electrons. The maximum Gasteiger partial charge on any atom is 0.0704 e. The van der Waals surface area contributed by atoms with E-state index < -0.39 is 0 Å². The quantitative estimate of drug-likeness (QED) is 0.304. The van der Waals surface area contributed by atoms with Crippen LogP contribution >= 0.6 is 0 Å². The van der Waals surface area contributed by atoms with Gasteiger partial charge in [-0.25, -0.2) is 0 Å². The SMILES string of the molecule is C=C/N=C1/C=CC=C/C1=C(/C=C)C(CCCCCC)CCCCCC. The predicted octanol–water partition coefficient (Wildman–Crippen LogP) is 7.74. The Bertz CT molecular complexity index is 504. The third-order valence-corrected chi connectivity index (χ3v) is 4.92. The topological polar surface area (TPSA) is 12.4 Å². The van der Waals surface area contributed by atoms with E-state index in [1.807, 2.05) is 6.08 Å². The lowest BCUT2D eigenvalue weighted by molar-refractivity contribution is 0.460. The summed E-state index contributed by atoms with van der Waals surface area (Å²) in [7, 11) is 0. The van der Waals surface area contributed by atoms with Crippen LogP contribution in [0.5, 0.6) is 0 Å². The van der Waals surface area contributed by atoms with Crippen LogP contribution in [0, 0.1) is 5.92 Å². The Balaban J connectivity index is 2.96. The van der Waals surface area contributed by atoms with Crippen molar-refractivity contribution >= 4 is 5.71 Å². The van der Waals surface area contributed by atoms with Crippen LogP contribution in [0.1, 0.15) is 78.1 Å². The second kappa shape index (κ2) is 13.6. The smallest absolute Gasteiger partial charge is 0.0704 e. The molecule has 0 spiro atoms. The number of hydrogen-bond donors (Lipinski definition) is 0. The van der Waals surface area contributed by atoms with Crippen LogP contribution in [-0.2, 0) is 0 Å². The zero-order valence-electron chi connectivity index (χ0n) is 16.5. The first kappa shape index (κ1) is 21.4. The summed E-state index contributed by atoms with van der Waals surface area (Å²) < 4.78 is 0. The first-order valence-corrected chi connectivity index (χ1v) is 10.2. The average molecular weight is 340 g/mol. The summed E-state index contributed by atoms with van der Waals surface area (Å²) >= 11 is 0. The summed E-state index contributed by atoms with van der Waals surface area (Å²) in [6, 6.07) is 0. The van der Waals surface area contributed by atoms with Gasteiger partial charge in [-0.2, -0.15) is 0 Å². The Labute approximate surface area is 156 Å². The molecular formula is C24H37N. The summed E-state index contributed by atoms with van der Waals surface area (Å²) in [5, 5.41) is 0. The number of aliphatic imine (C=N–C) groups is 1. The minimum atomic E-state index is 0.590. The van der Waals surface area contributed by atoms with Crippen molar-refractivity contribution in [2.75, 3.05) is 0 Å². The van der Waals surface area contributed by atoms with E-state index in [0.717, 1.165) is 5.71 Å². The molecule has 0 aromatic carbocycles. The Morgan fingerprint density at radius 1 is 0.920 bits per heavy atom. The monoisotopic (exact) mass is 339 g/mol. The van der Waals surface area contributed by atoms with E-state index in [-0.39, 0.29) is 0 Å². The molecule has 0 N–H and O–H groups in total. The van der Waals surface area contributed by atoms with E-state index in [0.29, 0.717) is 5.92 Å². The van der Waals surface area contributed by atoms with Crippen molar-refractivity contribution in [1.29, 1.82) is 0 Å². The van der Waals surface area contributed by atoms with E-state index in [1.54, 1.807) is 6.20 Å². The number of unbranched alkanes of at least 4 members (excludes halogenated alkanes) is 6. The molecule has 0 aromatic heterocycles. The van der Waals surface area contributed by atoms with Gasteiger partial charge in [0, 0.05) is 11.8 Å². The van der Waals surface area contributed by atoms with Crippen LogP contribution in [-0.4, -0.2) is 5.71 Å². The van der Waals surface area contributed by atoms with Crippen LogP contribution in [0.2, 0.25) is 0 Å². The molecule has 0 bridgehead atoms. The zero-order valence-corrected chi connectivity index (χ0v) is 16.5. The number of hydrogen-bond acceptors (Lipinski definition) is 1. The first-order valence-electron chi connectivity index (χ1n) is 10.2. The second-order valence-corrected chi connectivity index (χ2v) is 6.88. The summed E-state index contributed by atoms with van der Waals surface area (Å²) in [5.41, 5.74) is 3.61. The largest absolute Gasteiger partial charge is 0.257 e. The van der Waals surface area contributed by atoms with Gasteiger partial charge in [-0.05, 0) is 30.4 Å². The standard InChI is InChI=1S/C24H37N/c1-5-9-11-13-17-21(18-14-12-10-6-2)22(7-3)23-19-15-16-20-24(23)25-8-4/h7-8,15-16,19-21H,3-6,9-14,17-18H2,1-2H3/b23-22+,25-24-. The normalized spacial score (nSPS) is 17.3. The van der Waals surface area contributed by atoms with Crippen molar-refractivity contribution in [1.82, 2.24) is 0 Å². The Hall–Kier alpha value is -1.63. The summed E-state index contributed by atoms with van der Waals surface area (Å²) in [5.74, 6) is 0.590. The van der Waals surface area contributed by atoms with E-state index in [9.17, 15) is 0 Å². The molecule has 0 unspecified atom stereocenters. The van der Waals surface area contributed by atoms with Gasteiger partial charge < -0.3 is 0 Å². The molecule has 25 heavy (non-hydrogen) atoms. The van der Waals surface area contributed by atoms with Crippen molar-refractivity contribution in [2.45, 2.75) is 78.1 Å². The van der Waals surface area contributed by atoms with Gasteiger partial charge in [0.15, 0.2) is 0 Å². The number of allylic oxidation sites excluding steroid dienone is 7. The molecule has 1 heteroatoms. The fraction of sp³-hybridized carbons (Fsp3) is 0.542. The van der Waals surface area contributed by atoms with Crippen LogP contribution in [0.3, 0.4) is 0 Å². The number of nitrogens with zero attached hydrogens (tertiary/aromatic N) is 1. The summed E-state index contributed by atoms with van der Waals surface area (Å²) in [6.07, 6.45) is 25.2. The van der Waals surface area contributed by atoms with Gasteiger partial charge in [0.1, 0.15) is 0 Å². The van der Waals surface area contributed by atoms with Gasteiger partial charge in [-0.3, -0.25) is 4.99 Å². The van der Waals surface area contributed by atoms with Gasteiger partial charge in [-0.15, -0.1) is 0 Å². The molecule has 1 aliphatic rings. The lowest BCUT2D eigenvalue weighted by Crippen LogP contribution is -2.11. The van der Waals surface area contributed by atoms with E-state index in [4.69, 9.17) is 0 Å². The lowest BCUT2D eigenvalue weighted by atomic mass is 9.83. The van der Waals surface area contributed by atoms with Gasteiger partial charge in [-0.1, -0.05) is 103 Å². The zero-order chi connectivity index (χ0) is 18.3. The van der Waals surface area contributed by atoms with Crippen LogP contribution in [0.15, 0.2) is 65.9 Å². The molecular weight excluding hydrogens is 302 g/mol. The summed E-state index contributed by atoms with van der Waals surface area (Å²) in [6.45, 7) is 12.5. The van der Waals surface area contributed by atoms with Crippen LogP contribution in [0.4, 0.5) is 0 Å². The Morgan fingerprint density at radius 2 is 1.52 bits per heavy atom. The van der Waals surface area contributed by atoms with Crippen molar-refractivity contribution in [3.05, 3.63) is 60.9 Å². The van der Waals surface area contributed by atoms with Crippen LogP contribution in [0.25, 0.3) is 0 Å². The van der Waals surface area contributed by atoms with Crippen molar-refractivity contribution in [3.8, 4) is 0 Å². The van der Waals surface area contributed by atoms with Crippen LogP contribution < -0.4 is 0 Å². The molecule has 0 heterocycles. The lowest BCUT2D eigenvalue weighted by Gasteiger charge is -2.22. The highest BCUT2D eigenvalue weighted by atomic mass is 14.7. The first-order chi connectivity index (χ1) is 12.3. The third-order valence-electron chi connectivity index (χ3n) is 4.92. The number of rotatable bonds is 13. The fourth-order valence-corrected chi connectivity index (χ4v) is 3.52. The average Bonchev–Trinajstić information content (AvgIpc) is 2.63.